The Morgan fingerprint density at radius 2 is 1.90 bits per heavy atom. The number of aliphatic carboxylic acids is 1. The van der Waals surface area contributed by atoms with Crippen LogP contribution in [0.15, 0.2) is 0 Å². The highest BCUT2D eigenvalue weighted by Gasteiger charge is 2.35. The molecule has 2 aliphatic rings. The molecule has 0 spiro atoms. The zero-order valence-electron chi connectivity index (χ0n) is 12.9. The predicted octanol–water partition coefficient (Wildman–Crippen LogP) is 1.56. The van der Waals surface area contributed by atoms with E-state index in [1.165, 1.54) is 12.8 Å². The first-order valence-electron chi connectivity index (χ1n) is 7.99. The van der Waals surface area contributed by atoms with Gasteiger partial charge in [0.2, 0.25) is 0 Å². The Labute approximate surface area is 126 Å². The van der Waals surface area contributed by atoms with Gasteiger partial charge in [0.1, 0.15) is 0 Å². The van der Waals surface area contributed by atoms with Gasteiger partial charge in [0.05, 0.1) is 12.0 Å². The summed E-state index contributed by atoms with van der Waals surface area (Å²) < 4.78 is 0. The second-order valence-electron chi connectivity index (χ2n) is 6.50. The van der Waals surface area contributed by atoms with E-state index in [1.807, 2.05) is 0 Å². The Morgan fingerprint density at radius 3 is 2.48 bits per heavy atom. The molecule has 6 heteroatoms. The molecule has 0 radical (unpaired) electrons. The Bertz CT molecular complexity index is 376. The summed E-state index contributed by atoms with van der Waals surface area (Å²) in [6.07, 6.45) is 7.13. The van der Waals surface area contributed by atoms with Crippen LogP contribution in [0.5, 0.6) is 0 Å². The van der Waals surface area contributed by atoms with Gasteiger partial charge in [0, 0.05) is 19.1 Å². The van der Waals surface area contributed by atoms with Crippen LogP contribution in [-0.2, 0) is 4.79 Å². The first-order valence-corrected chi connectivity index (χ1v) is 7.99. The first-order chi connectivity index (χ1) is 10.0. The third-order valence-electron chi connectivity index (χ3n) is 4.60. The molecule has 2 saturated carbocycles. The van der Waals surface area contributed by atoms with E-state index < -0.39 is 11.5 Å². The first kappa shape index (κ1) is 16.1. The van der Waals surface area contributed by atoms with Gasteiger partial charge in [-0.15, -0.1) is 0 Å². The molecule has 0 bridgehead atoms. The van der Waals surface area contributed by atoms with Gasteiger partial charge in [0.25, 0.3) is 0 Å². The highest BCUT2D eigenvalue weighted by atomic mass is 16.4. The average molecular weight is 297 g/mol. The van der Waals surface area contributed by atoms with Gasteiger partial charge in [-0.2, -0.15) is 0 Å². The SMILES string of the molecule is CN(CCNC(=O)NC1(CC(=O)O)CCCCC1)C1CC1. The molecular weight excluding hydrogens is 270 g/mol. The van der Waals surface area contributed by atoms with Crippen molar-refractivity contribution in [1.29, 1.82) is 0 Å². The summed E-state index contributed by atoms with van der Waals surface area (Å²) in [4.78, 5) is 25.4. The van der Waals surface area contributed by atoms with Crippen LogP contribution in [0.1, 0.15) is 51.4 Å². The van der Waals surface area contributed by atoms with Crippen molar-refractivity contribution in [3.05, 3.63) is 0 Å². The third kappa shape index (κ3) is 5.19. The van der Waals surface area contributed by atoms with Crippen LogP contribution in [0.3, 0.4) is 0 Å². The molecule has 0 aromatic heterocycles. The number of rotatable bonds is 7. The minimum absolute atomic E-state index is 0.0163. The number of nitrogens with one attached hydrogen (secondary N) is 2. The van der Waals surface area contributed by atoms with E-state index in [4.69, 9.17) is 5.11 Å². The predicted molar refractivity (Wildman–Crippen MR) is 80.3 cm³/mol. The maximum absolute atomic E-state index is 12.0. The molecule has 0 atom stereocenters. The number of hydrogen-bond donors (Lipinski definition) is 3. The summed E-state index contributed by atoms with van der Waals surface area (Å²) in [7, 11) is 2.07. The van der Waals surface area contributed by atoms with E-state index in [0.717, 1.165) is 38.6 Å². The van der Waals surface area contributed by atoms with Crippen LogP contribution in [0.4, 0.5) is 4.79 Å². The van der Waals surface area contributed by atoms with Crippen molar-refractivity contribution in [2.45, 2.75) is 62.9 Å². The summed E-state index contributed by atoms with van der Waals surface area (Å²) in [5, 5.41) is 14.9. The summed E-state index contributed by atoms with van der Waals surface area (Å²) in [5.74, 6) is -0.842. The van der Waals surface area contributed by atoms with Crippen LogP contribution >= 0.6 is 0 Å². The van der Waals surface area contributed by atoms with E-state index in [9.17, 15) is 9.59 Å². The lowest BCUT2D eigenvalue weighted by Gasteiger charge is -2.37. The normalized spacial score (nSPS) is 21.0. The quantitative estimate of drug-likeness (QED) is 0.666. The second-order valence-corrected chi connectivity index (χ2v) is 6.50. The summed E-state index contributed by atoms with van der Waals surface area (Å²) in [6, 6.07) is 0.453. The van der Waals surface area contributed by atoms with E-state index >= 15 is 0 Å². The minimum Gasteiger partial charge on any atom is -0.481 e. The van der Waals surface area contributed by atoms with Crippen molar-refractivity contribution >= 4 is 12.0 Å². The Hall–Kier alpha value is -1.30. The topological polar surface area (TPSA) is 81.7 Å². The molecule has 0 unspecified atom stereocenters. The van der Waals surface area contributed by atoms with Gasteiger partial charge in [-0.3, -0.25) is 4.79 Å². The van der Waals surface area contributed by atoms with E-state index in [-0.39, 0.29) is 12.5 Å². The van der Waals surface area contributed by atoms with Crippen LogP contribution in [-0.4, -0.2) is 53.7 Å². The van der Waals surface area contributed by atoms with Crippen molar-refractivity contribution in [2.24, 2.45) is 0 Å². The monoisotopic (exact) mass is 297 g/mol. The fourth-order valence-corrected chi connectivity index (χ4v) is 3.19. The number of amides is 2. The minimum atomic E-state index is -0.842. The molecule has 6 nitrogen and oxygen atoms in total. The number of likely N-dealkylation sites (N-methyl/N-ethyl adjacent to an activating group) is 1. The largest absolute Gasteiger partial charge is 0.481 e. The van der Waals surface area contributed by atoms with Gasteiger partial charge in [-0.25, -0.2) is 4.79 Å². The van der Waals surface area contributed by atoms with Crippen molar-refractivity contribution < 1.29 is 14.7 Å². The number of carboxylic acids is 1. The van der Waals surface area contributed by atoms with Crippen molar-refractivity contribution in [3.8, 4) is 0 Å². The van der Waals surface area contributed by atoms with Gasteiger partial charge >= 0.3 is 12.0 Å². The number of carbonyl (C=O) groups is 2. The maximum atomic E-state index is 12.0. The molecule has 120 valence electrons. The van der Waals surface area contributed by atoms with E-state index in [1.54, 1.807) is 0 Å². The molecule has 0 aromatic carbocycles. The summed E-state index contributed by atoms with van der Waals surface area (Å²) in [5.41, 5.74) is -0.559. The molecule has 0 saturated heterocycles. The van der Waals surface area contributed by atoms with E-state index in [2.05, 4.69) is 22.6 Å². The smallest absolute Gasteiger partial charge is 0.315 e. The molecule has 2 fully saturated rings. The summed E-state index contributed by atoms with van der Waals surface area (Å²) in [6.45, 7) is 1.44. The zero-order valence-corrected chi connectivity index (χ0v) is 12.9. The number of carbonyl (C=O) groups excluding carboxylic acids is 1. The summed E-state index contributed by atoms with van der Waals surface area (Å²) >= 11 is 0. The van der Waals surface area contributed by atoms with Crippen LogP contribution in [0, 0.1) is 0 Å². The number of urea groups is 1. The van der Waals surface area contributed by atoms with Crippen molar-refractivity contribution in [1.82, 2.24) is 15.5 Å². The Balaban J connectivity index is 1.75. The van der Waals surface area contributed by atoms with Gasteiger partial charge in [-0.1, -0.05) is 19.3 Å². The molecule has 2 rings (SSSR count). The van der Waals surface area contributed by atoms with Crippen molar-refractivity contribution in [3.63, 3.8) is 0 Å². The Kier molecular flexibility index (Phi) is 5.45. The number of nitrogens with zero attached hydrogens (tertiary/aromatic N) is 1. The molecule has 0 heterocycles. The lowest BCUT2D eigenvalue weighted by Crippen LogP contribution is -2.54. The number of carboxylic acid groups (broad SMARTS) is 1. The van der Waals surface area contributed by atoms with Gasteiger partial charge in [0.15, 0.2) is 0 Å². The average Bonchev–Trinajstić information content (AvgIpc) is 3.22. The third-order valence-corrected chi connectivity index (χ3v) is 4.60. The standard InChI is InChI=1S/C15H27N3O3/c1-18(12-5-6-12)10-9-16-14(21)17-15(11-13(19)20)7-3-2-4-8-15/h12H,2-11H2,1H3,(H,19,20)(H2,16,17,21). The highest BCUT2D eigenvalue weighted by molar-refractivity contribution is 5.76. The fraction of sp³-hybridized carbons (Fsp3) is 0.867. The van der Waals surface area contributed by atoms with Crippen LogP contribution < -0.4 is 10.6 Å². The van der Waals surface area contributed by atoms with Gasteiger partial charge in [-0.05, 0) is 32.7 Å². The van der Waals surface area contributed by atoms with Crippen molar-refractivity contribution in [2.75, 3.05) is 20.1 Å². The molecule has 3 N–H and O–H groups in total. The Morgan fingerprint density at radius 1 is 1.24 bits per heavy atom. The lowest BCUT2D eigenvalue weighted by atomic mass is 9.79. The fourth-order valence-electron chi connectivity index (χ4n) is 3.19. The zero-order chi connectivity index (χ0) is 15.3. The number of hydrogen-bond acceptors (Lipinski definition) is 3. The molecule has 2 amide bonds. The maximum Gasteiger partial charge on any atom is 0.315 e. The molecule has 0 aliphatic heterocycles. The molecular formula is C15H27N3O3. The highest BCUT2D eigenvalue weighted by Crippen LogP contribution is 2.31. The van der Waals surface area contributed by atoms with Gasteiger partial charge < -0.3 is 20.6 Å². The van der Waals surface area contributed by atoms with Crippen LogP contribution in [0.25, 0.3) is 0 Å². The van der Waals surface area contributed by atoms with E-state index in [0.29, 0.717) is 12.6 Å². The lowest BCUT2D eigenvalue weighted by molar-refractivity contribution is -0.139. The molecule has 0 aromatic rings. The molecule has 21 heavy (non-hydrogen) atoms. The molecule has 2 aliphatic carbocycles. The van der Waals surface area contributed by atoms with Crippen LogP contribution in [0.2, 0.25) is 0 Å². The second kappa shape index (κ2) is 7.11.